The molecule has 0 aromatic heterocycles. The van der Waals surface area contributed by atoms with Gasteiger partial charge in [0.25, 0.3) is 5.91 Å². The smallest absolute Gasteiger partial charge is 0.254 e. The number of benzene rings is 4. The number of unbranched alkanes of at least 4 members (excludes halogenated alkanes) is 2. The number of carbonyl (C=O) groups excluding carboxylic acids is 1. The van der Waals surface area contributed by atoms with Crippen LogP contribution in [-0.4, -0.2) is 70.2 Å². The molecular weight excluding hydrogens is 842 g/mol. The highest BCUT2D eigenvalue weighted by Crippen LogP contribution is 2.62. The maximum Gasteiger partial charge on any atom is 0.254 e. The Balaban J connectivity index is 1.49. The van der Waals surface area contributed by atoms with Crippen molar-refractivity contribution in [1.82, 2.24) is 4.90 Å². The van der Waals surface area contributed by atoms with Crippen LogP contribution in [0.25, 0.3) is 0 Å². The molecule has 1 heterocycles. The zero-order valence-electron chi connectivity index (χ0n) is 37.8. The van der Waals surface area contributed by atoms with Crippen LogP contribution in [0.1, 0.15) is 98.7 Å². The van der Waals surface area contributed by atoms with E-state index in [0.29, 0.717) is 52.5 Å². The summed E-state index contributed by atoms with van der Waals surface area (Å²) < 4.78 is 35.6. The second kappa shape index (κ2) is 21.2. The van der Waals surface area contributed by atoms with Crippen LogP contribution in [0.3, 0.4) is 0 Å². The van der Waals surface area contributed by atoms with E-state index < -0.39 is 29.2 Å². The standard InChI is InChI=1S/C53H60FN3O7S/c1-6-29-61-53-48(57(34-36-15-19-39(54)20-16-36)51(60)37-17-13-35(33-55)14-18-37)32-46(56-64-52(2,3)4)44-30-38(11-7-9-27-58)43(12-8-10-28-59)49(50(44)53)45-31-41(23-26-47(45)63-53)62-40-21-24-42(65-5)25-22-40/h6,13-26,30-31,38,43,48-50,58-59H,1,7-12,27-29,32,34H2,2-5H3. The zero-order chi connectivity index (χ0) is 46.1. The number of hydrogen-bond donors (Lipinski definition) is 2. The van der Waals surface area contributed by atoms with Crippen LogP contribution in [0.5, 0.6) is 17.2 Å². The Morgan fingerprint density at radius 3 is 2.32 bits per heavy atom. The van der Waals surface area contributed by atoms with Gasteiger partial charge in [-0.3, -0.25) is 4.79 Å². The molecule has 10 nitrogen and oxygen atoms in total. The van der Waals surface area contributed by atoms with Crippen LogP contribution in [0, 0.1) is 34.9 Å². The summed E-state index contributed by atoms with van der Waals surface area (Å²) in [7, 11) is 0. The van der Waals surface area contributed by atoms with Gasteiger partial charge < -0.3 is 34.2 Å². The monoisotopic (exact) mass is 901 g/mol. The van der Waals surface area contributed by atoms with Crippen molar-refractivity contribution in [3.8, 4) is 23.3 Å². The molecule has 3 aliphatic rings. The fourth-order valence-electron chi connectivity index (χ4n) is 9.65. The normalized spacial score (nSPS) is 22.7. The van der Waals surface area contributed by atoms with Crippen LogP contribution < -0.4 is 9.47 Å². The number of carbonyl (C=O) groups is 1. The lowest BCUT2D eigenvalue weighted by molar-refractivity contribution is -0.255. The number of aliphatic hydroxyl groups excluding tert-OH is 2. The van der Waals surface area contributed by atoms with Crippen molar-refractivity contribution in [3.63, 3.8) is 0 Å². The van der Waals surface area contributed by atoms with E-state index in [-0.39, 0.29) is 56.4 Å². The number of fused-ring (bicyclic) bond motifs is 2. The summed E-state index contributed by atoms with van der Waals surface area (Å²) in [5, 5.41) is 34.6. The van der Waals surface area contributed by atoms with Crippen LogP contribution in [0.4, 0.5) is 4.39 Å². The minimum absolute atomic E-state index is 0.00257. The topological polar surface area (TPSA) is 134 Å². The lowest BCUT2D eigenvalue weighted by Crippen LogP contribution is -2.70. The molecule has 2 N–H and O–H groups in total. The molecule has 6 unspecified atom stereocenters. The highest BCUT2D eigenvalue weighted by atomic mass is 32.2. The maximum atomic E-state index is 15.3. The maximum absolute atomic E-state index is 15.3. The number of nitrogens with zero attached hydrogens (tertiary/aromatic N) is 3. The molecule has 0 radical (unpaired) electrons. The molecule has 7 rings (SSSR count). The van der Waals surface area contributed by atoms with Crippen molar-refractivity contribution < 1.29 is 38.4 Å². The second-order valence-corrected chi connectivity index (χ2v) is 18.9. The number of allylic oxidation sites excluding steroid dienone is 1. The summed E-state index contributed by atoms with van der Waals surface area (Å²) in [4.78, 5) is 24.5. The largest absolute Gasteiger partial charge is 0.459 e. The van der Waals surface area contributed by atoms with Crippen molar-refractivity contribution in [1.29, 1.82) is 5.26 Å². The number of rotatable bonds is 19. The number of thioether (sulfide) groups is 1. The molecular formula is C53H60FN3O7S. The van der Waals surface area contributed by atoms with Gasteiger partial charge >= 0.3 is 0 Å². The van der Waals surface area contributed by atoms with E-state index in [1.54, 1.807) is 59.1 Å². The van der Waals surface area contributed by atoms with Gasteiger partial charge in [-0.1, -0.05) is 42.3 Å². The van der Waals surface area contributed by atoms with Gasteiger partial charge in [0.2, 0.25) is 5.79 Å². The lowest BCUT2D eigenvalue weighted by atomic mass is 9.55. The van der Waals surface area contributed by atoms with Gasteiger partial charge in [-0.15, -0.1) is 18.3 Å². The summed E-state index contributed by atoms with van der Waals surface area (Å²) in [5.41, 5.74) is 3.29. The van der Waals surface area contributed by atoms with Crippen molar-refractivity contribution in [2.24, 2.45) is 22.9 Å². The number of hydrogen-bond acceptors (Lipinski definition) is 10. The number of amides is 1. The molecule has 1 fully saturated rings. The quantitative estimate of drug-likeness (QED) is 0.0408. The molecule has 1 amide bonds. The first-order chi connectivity index (χ1) is 31.4. The molecule has 1 saturated carbocycles. The first kappa shape index (κ1) is 47.5. The molecule has 4 aromatic rings. The molecule has 342 valence electrons. The van der Waals surface area contributed by atoms with Gasteiger partial charge in [-0.25, -0.2) is 4.39 Å². The van der Waals surface area contributed by atoms with E-state index in [1.807, 2.05) is 63.4 Å². The van der Waals surface area contributed by atoms with Crippen LogP contribution in [0.15, 0.2) is 125 Å². The third-order valence-electron chi connectivity index (χ3n) is 12.5. The fourth-order valence-corrected chi connectivity index (χ4v) is 10.1. The number of halogens is 1. The highest BCUT2D eigenvalue weighted by molar-refractivity contribution is 7.98. The molecule has 0 bridgehead atoms. The summed E-state index contributed by atoms with van der Waals surface area (Å²) in [6.45, 7) is 10.2. The van der Waals surface area contributed by atoms with Gasteiger partial charge in [0.15, 0.2) is 0 Å². The average Bonchev–Trinajstić information content (AvgIpc) is 3.31. The highest BCUT2D eigenvalue weighted by Gasteiger charge is 2.65. The summed E-state index contributed by atoms with van der Waals surface area (Å²) in [6, 6.07) is 27.8. The second-order valence-electron chi connectivity index (χ2n) is 18.0. The van der Waals surface area contributed by atoms with E-state index >= 15 is 4.79 Å². The van der Waals surface area contributed by atoms with Gasteiger partial charge in [0, 0.05) is 48.1 Å². The molecule has 0 spiro atoms. The molecule has 2 aliphatic carbocycles. The number of oxime groups is 1. The van der Waals surface area contributed by atoms with Crippen molar-refractivity contribution >= 4 is 23.4 Å². The Morgan fingerprint density at radius 2 is 1.68 bits per heavy atom. The summed E-state index contributed by atoms with van der Waals surface area (Å²) in [5.74, 6) is -1.13. The van der Waals surface area contributed by atoms with E-state index in [1.165, 1.54) is 12.1 Å². The summed E-state index contributed by atoms with van der Waals surface area (Å²) >= 11 is 1.66. The van der Waals surface area contributed by atoms with Gasteiger partial charge in [-0.2, -0.15) is 5.26 Å². The molecule has 6 atom stereocenters. The van der Waals surface area contributed by atoms with Gasteiger partial charge in [0.1, 0.15) is 34.7 Å². The van der Waals surface area contributed by atoms with Crippen molar-refractivity contribution in [3.05, 3.63) is 143 Å². The lowest BCUT2D eigenvalue weighted by Gasteiger charge is -2.60. The van der Waals surface area contributed by atoms with Crippen LogP contribution >= 0.6 is 11.8 Å². The Bertz CT molecular complexity index is 2370. The predicted molar refractivity (Wildman–Crippen MR) is 252 cm³/mol. The van der Waals surface area contributed by atoms with E-state index in [4.69, 9.17) is 24.2 Å². The minimum Gasteiger partial charge on any atom is -0.459 e. The Labute approximate surface area is 386 Å². The SMILES string of the molecule is C=CCOC12Oc3ccc(Oc4ccc(SC)cc4)cc3C3C(CCCCO)C(CCCCO)C=C(C(=NOC(C)(C)C)CC1N(Cc1ccc(F)cc1)C(=O)c1ccc(C#N)cc1)C32. The van der Waals surface area contributed by atoms with E-state index in [2.05, 4.69) is 24.8 Å². The molecule has 12 heteroatoms. The first-order valence-electron chi connectivity index (χ1n) is 22.6. The third kappa shape index (κ3) is 10.8. The van der Waals surface area contributed by atoms with Crippen LogP contribution in [0.2, 0.25) is 0 Å². The van der Waals surface area contributed by atoms with E-state index in [9.17, 15) is 19.9 Å². The van der Waals surface area contributed by atoms with E-state index in [0.717, 1.165) is 41.7 Å². The first-order valence-corrected chi connectivity index (χ1v) is 23.8. The molecule has 1 aliphatic heterocycles. The number of aliphatic hydroxyl groups is 2. The number of nitriles is 1. The Kier molecular flexibility index (Phi) is 15.5. The fraction of sp³-hybridized carbons (Fsp3) is 0.415. The third-order valence-corrected chi connectivity index (χ3v) is 13.3. The Hall–Kier alpha value is -5.45. The molecule has 4 aromatic carbocycles. The molecule has 0 saturated heterocycles. The number of ether oxygens (including phenoxy) is 3. The van der Waals surface area contributed by atoms with Gasteiger partial charge in [0.05, 0.1) is 29.9 Å². The minimum atomic E-state index is -1.53. The van der Waals surface area contributed by atoms with Gasteiger partial charge in [-0.05, 0) is 155 Å². The summed E-state index contributed by atoms with van der Waals surface area (Å²) in [6.07, 6.45) is 10.6. The average molecular weight is 902 g/mol. The molecule has 65 heavy (non-hydrogen) atoms. The zero-order valence-corrected chi connectivity index (χ0v) is 38.6. The van der Waals surface area contributed by atoms with Crippen molar-refractivity contribution in [2.45, 2.75) is 101 Å². The predicted octanol–water partition coefficient (Wildman–Crippen LogP) is 11.0. The van der Waals surface area contributed by atoms with Crippen molar-refractivity contribution in [2.75, 3.05) is 26.1 Å². The van der Waals surface area contributed by atoms with Crippen LogP contribution in [-0.2, 0) is 16.1 Å². The Morgan fingerprint density at radius 1 is 0.985 bits per heavy atom.